The van der Waals surface area contributed by atoms with Crippen LogP contribution in [-0.4, -0.2) is 41.2 Å². The topological polar surface area (TPSA) is 63.2 Å². The molecule has 0 atom stereocenters. The molecule has 1 N–H and O–H groups in total. The molecule has 1 aromatic heterocycles. The molecule has 0 amide bonds. The summed E-state index contributed by atoms with van der Waals surface area (Å²) in [4.78, 5) is 15.2. The fourth-order valence-electron chi connectivity index (χ4n) is 1.93. The normalized spacial score (nSPS) is 15.2. The molecule has 0 bridgehead atoms. The van der Waals surface area contributed by atoms with Crippen LogP contribution in [0.3, 0.4) is 0 Å². The highest BCUT2D eigenvalue weighted by molar-refractivity contribution is 5.39. The van der Waals surface area contributed by atoms with Crippen LogP contribution in [0.25, 0.3) is 0 Å². The Balaban J connectivity index is 2.16. The van der Waals surface area contributed by atoms with Gasteiger partial charge in [0.05, 0.1) is 0 Å². The third-order valence-corrected chi connectivity index (χ3v) is 2.87. The van der Waals surface area contributed by atoms with Crippen LogP contribution in [0.2, 0.25) is 0 Å². The summed E-state index contributed by atoms with van der Waals surface area (Å²) in [5.41, 5.74) is 0. The van der Waals surface area contributed by atoms with E-state index in [-0.39, 0.29) is 0 Å². The zero-order valence-electron chi connectivity index (χ0n) is 11.6. The second-order valence-electron chi connectivity index (χ2n) is 4.35. The summed E-state index contributed by atoms with van der Waals surface area (Å²) in [5.74, 6) is 1.29. The van der Waals surface area contributed by atoms with Crippen LogP contribution in [0, 0.1) is 0 Å². The summed E-state index contributed by atoms with van der Waals surface area (Å²) in [6.07, 6.45) is 6.24. The van der Waals surface area contributed by atoms with Crippen molar-refractivity contribution in [3.63, 3.8) is 0 Å². The van der Waals surface area contributed by atoms with Crippen LogP contribution in [0.1, 0.15) is 26.7 Å². The first-order valence-corrected chi connectivity index (χ1v) is 6.82. The maximum Gasteiger partial charge on any atom is 0.323 e. The van der Waals surface area contributed by atoms with Gasteiger partial charge in [0.2, 0.25) is 11.9 Å². The van der Waals surface area contributed by atoms with E-state index in [9.17, 15) is 0 Å². The number of ether oxygens (including phenoxy) is 1. The minimum absolute atomic E-state index is 0.381. The largest absolute Gasteiger partial charge is 0.459 e. The van der Waals surface area contributed by atoms with Gasteiger partial charge in [-0.3, -0.25) is 0 Å². The molecule has 6 nitrogen and oxygen atoms in total. The van der Waals surface area contributed by atoms with Crippen LogP contribution in [-0.2, 0) is 0 Å². The maximum absolute atomic E-state index is 5.52. The lowest BCUT2D eigenvalue weighted by atomic mass is 10.4. The van der Waals surface area contributed by atoms with E-state index in [0.717, 1.165) is 19.6 Å². The first-order chi connectivity index (χ1) is 9.33. The van der Waals surface area contributed by atoms with Gasteiger partial charge < -0.3 is 15.0 Å². The zero-order chi connectivity index (χ0) is 13.5. The smallest absolute Gasteiger partial charge is 0.323 e. The first-order valence-electron chi connectivity index (χ1n) is 6.82. The number of nitrogens with one attached hydrogen (secondary N) is 1. The van der Waals surface area contributed by atoms with Crippen LogP contribution in [0.5, 0.6) is 6.01 Å². The summed E-state index contributed by atoms with van der Waals surface area (Å²) in [7, 11) is 0. The Kier molecular flexibility index (Phi) is 4.94. The van der Waals surface area contributed by atoms with Crippen LogP contribution in [0.15, 0.2) is 12.2 Å². The Morgan fingerprint density at radius 1 is 1.26 bits per heavy atom. The van der Waals surface area contributed by atoms with E-state index in [0.29, 0.717) is 24.5 Å². The van der Waals surface area contributed by atoms with Crippen molar-refractivity contribution in [3.05, 3.63) is 12.2 Å². The molecule has 0 spiro atoms. The van der Waals surface area contributed by atoms with E-state index in [1.165, 1.54) is 12.8 Å². The highest BCUT2D eigenvalue weighted by atomic mass is 16.5. The van der Waals surface area contributed by atoms with Gasteiger partial charge in [-0.1, -0.05) is 12.2 Å². The van der Waals surface area contributed by atoms with E-state index in [1.807, 2.05) is 26.0 Å². The minimum atomic E-state index is 0.381. The molecule has 0 aromatic carbocycles. The van der Waals surface area contributed by atoms with E-state index in [2.05, 4.69) is 25.2 Å². The van der Waals surface area contributed by atoms with Gasteiger partial charge in [-0.05, 0) is 26.7 Å². The number of hydrogen-bond acceptors (Lipinski definition) is 6. The number of allylic oxidation sites excluding steroid dienone is 1. The molecule has 19 heavy (non-hydrogen) atoms. The summed E-state index contributed by atoms with van der Waals surface area (Å²) >= 11 is 0. The first kappa shape index (κ1) is 13.6. The van der Waals surface area contributed by atoms with Crippen molar-refractivity contribution in [2.45, 2.75) is 26.7 Å². The van der Waals surface area contributed by atoms with Gasteiger partial charge >= 0.3 is 6.01 Å². The van der Waals surface area contributed by atoms with Crippen molar-refractivity contribution in [1.29, 1.82) is 0 Å². The van der Waals surface area contributed by atoms with Gasteiger partial charge in [0.25, 0.3) is 0 Å². The molecule has 0 aliphatic carbocycles. The Morgan fingerprint density at radius 3 is 2.74 bits per heavy atom. The molecular formula is C13H21N5O. The van der Waals surface area contributed by atoms with Crippen molar-refractivity contribution < 1.29 is 4.74 Å². The van der Waals surface area contributed by atoms with Crippen molar-refractivity contribution >= 4 is 11.9 Å². The van der Waals surface area contributed by atoms with E-state index in [1.54, 1.807) is 0 Å². The Morgan fingerprint density at radius 2 is 2.05 bits per heavy atom. The number of rotatable bonds is 6. The number of nitrogens with zero attached hydrogens (tertiary/aromatic N) is 4. The second-order valence-corrected chi connectivity index (χ2v) is 4.35. The van der Waals surface area contributed by atoms with Gasteiger partial charge in [0.15, 0.2) is 0 Å². The highest BCUT2D eigenvalue weighted by Gasteiger charge is 2.17. The number of hydrogen-bond donors (Lipinski definition) is 1. The fourth-order valence-corrected chi connectivity index (χ4v) is 1.93. The van der Waals surface area contributed by atoms with Gasteiger partial charge in [-0.2, -0.15) is 15.0 Å². The summed E-state index contributed by atoms with van der Waals surface area (Å²) < 4.78 is 5.52. The summed E-state index contributed by atoms with van der Waals surface area (Å²) in [6.45, 7) is 7.23. The summed E-state index contributed by atoms with van der Waals surface area (Å²) in [6, 6.07) is 0.381. The van der Waals surface area contributed by atoms with Gasteiger partial charge in [-0.25, -0.2) is 0 Å². The summed E-state index contributed by atoms with van der Waals surface area (Å²) in [5, 5.41) is 3.12. The second kappa shape index (κ2) is 6.92. The SMILES string of the molecule is C/C=C/COc1nc(NCC)nc(N2CCCC2)n1. The van der Waals surface area contributed by atoms with E-state index < -0.39 is 0 Å². The van der Waals surface area contributed by atoms with Crippen molar-refractivity contribution in [2.75, 3.05) is 36.5 Å². The van der Waals surface area contributed by atoms with Gasteiger partial charge in [0.1, 0.15) is 6.61 Å². The monoisotopic (exact) mass is 263 g/mol. The quantitative estimate of drug-likeness (QED) is 0.790. The molecule has 1 saturated heterocycles. The molecular weight excluding hydrogens is 242 g/mol. The maximum atomic E-state index is 5.52. The standard InChI is InChI=1S/C13H21N5O/c1-3-5-10-19-13-16-11(14-4-2)15-12(17-13)18-8-6-7-9-18/h3,5H,4,6-10H2,1-2H3,(H,14,15,16,17)/b5-3+. The van der Waals surface area contributed by atoms with Crippen molar-refractivity contribution in [1.82, 2.24) is 15.0 Å². The predicted octanol–water partition coefficient (Wildman–Crippen LogP) is 1.86. The molecule has 1 aliphatic rings. The lowest BCUT2D eigenvalue weighted by molar-refractivity contribution is 0.332. The molecule has 2 heterocycles. The van der Waals surface area contributed by atoms with Gasteiger partial charge in [-0.15, -0.1) is 0 Å². The number of aromatic nitrogens is 3. The van der Waals surface area contributed by atoms with Crippen LogP contribution >= 0.6 is 0 Å². The molecule has 1 aromatic rings. The molecule has 104 valence electrons. The third kappa shape index (κ3) is 3.81. The molecule has 0 saturated carbocycles. The lowest BCUT2D eigenvalue weighted by Crippen LogP contribution is -2.22. The predicted molar refractivity (Wildman–Crippen MR) is 75.7 cm³/mol. The van der Waals surface area contributed by atoms with E-state index >= 15 is 0 Å². The number of anilines is 2. The fraction of sp³-hybridized carbons (Fsp3) is 0.615. The molecule has 6 heteroatoms. The third-order valence-electron chi connectivity index (χ3n) is 2.87. The lowest BCUT2D eigenvalue weighted by Gasteiger charge is -2.16. The molecule has 1 aliphatic heterocycles. The van der Waals surface area contributed by atoms with Gasteiger partial charge in [0, 0.05) is 19.6 Å². The average molecular weight is 263 g/mol. The Bertz CT molecular complexity index is 429. The van der Waals surface area contributed by atoms with Crippen molar-refractivity contribution in [3.8, 4) is 6.01 Å². The molecule has 1 fully saturated rings. The molecule has 0 radical (unpaired) electrons. The average Bonchev–Trinajstić information content (AvgIpc) is 2.93. The molecule has 2 rings (SSSR count). The van der Waals surface area contributed by atoms with Crippen LogP contribution in [0.4, 0.5) is 11.9 Å². The van der Waals surface area contributed by atoms with Crippen LogP contribution < -0.4 is 15.0 Å². The Labute approximate surface area is 113 Å². The highest BCUT2D eigenvalue weighted by Crippen LogP contribution is 2.19. The molecule has 0 unspecified atom stereocenters. The Hall–Kier alpha value is -1.85. The van der Waals surface area contributed by atoms with E-state index in [4.69, 9.17) is 4.74 Å². The zero-order valence-corrected chi connectivity index (χ0v) is 11.6. The van der Waals surface area contributed by atoms with Crippen molar-refractivity contribution in [2.24, 2.45) is 0 Å². The minimum Gasteiger partial charge on any atom is -0.459 e.